The van der Waals surface area contributed by atoms with Gasteiger partial charge in [-0.25, -0.2) is 4.39 Å². The molecule has 1 heterocycles. The van der Waals surface area contributed by atoms with Gasteiger partial charge in [-0.3, -0.25) is 19.8 Å². The van der Waals surface area contributed by atoms with Gasteiger partial charge in [0.1, 0.15) is 5.82 Å². The largest absolute Gasteiger partial charge is 0.500 e. The molecule has 0 bridgehead atoms. The molecule has 1 aliphatic heterocycles. The van der Waals surface area contributed by atoms with Crippen molar-refractivity contribution < 1.29 is 24.0 Å². The standard InChI is InChI=1S/C17H11FN2O5S2/c1-25-13-6-9(5-12(15(13)21)20(23)24)7-14-16(22)19(17(26)27-14)11-4-2-3-10(18)8-11/h2-8,21H,1H3/b14-7-. The van der Waals surface area contributed by atoms with Crippen LogP contribution in [0.15, 0.2) is 41.3 Å². The molecule has 1 fully saturated rings. The lowest BCUT2D eigenvalue weighted by Crippen LogP contribution is -2.27. The number of nitrogens with zero attached hydrogens (tertiary/aromatic N) is 2. The molecule has 1 aliphatic rings. The van der Waals surface area contributed by atoms with Gasteiger partial charge in [0.05, 0.1) is 22.6 Å². The van der Waals surface area contributed by atoms with E-state index in [9.17, 15) is 24.4 Å². The second-order valence-corrected chi connectivity index (χ2v) is 7.02. The van der Waals surface area contributed by atoms with Crippen LogP contribution in [0.25, 0.3) is 6.08 Å². The highest BCUT2D eigenvalue weighted by Crippen LogP contribution is 2.40. The molecule has 2 aromatic carbocycles. The average Bonchev–Trinajstić information content (AvgIpc) is 2.89. The highest BCUT2D eigenvalue weighted by atomic mass is 32.2. The Balaban J connectivity index is 2.01. The first kappa shape index (κ1) is 18.8. The predicted molar refractivity (Wildman–Crippen MR) is 103 cm³/mol. The van der Waals surface area contributed by atoms with E-state index in [1.807, 2.05) is 0 Å². The fraction of sp³-hybridized carbons (Fsp3) is 0.0588. The summed E-state index contributed by atoms with van der Waals surface area (Å²) in [5.41, 5.74) is 0.00692. The fourth-order valence-electron chi connectivity index (χ4n) is 2.45. The minimum absolute atomic E-state index is 0.101. The van der Waals surface area contributed by atoms with Crippen molar-refractivity contribution in [3.05, 3.63) is 62.8 Å². The molecule has 0 radical (unpaired) electrons. The SMILES string of the molecule is COc1cc(/C=C2\SC(=S)N(c3cccc(F)c3)C2=O)cc([N+](=O)[O-])c1O. The molecular formula is C17H11FN2O5S2. The molecule has 1 amide bonds. The van der Waals surface area contributed by atoms with Crippen molar-refractivity contribution in [3.63, 3.8) is 0 Å². The molecule has 27 heavy (non-hydrogen) atoms. The minimum Gasteiger partial charge on any atom is -0.500 e. The Hall–Kier alpha value is -2.98. The van der Waals surface area contributed by atoms with Gasteiger partial charge in [-0.15, -0.1) is 0 Å². The monoisotopic (exact) mass is 406 g/mol. The molecular weight excluding hydrogens is 395 g/mol. The molecule has 0 aromatic heterocycles. The molecule has 138 valence electrons. The van der Waals surface area contributed by atoms with Gasteiger partial charge < -0.3 is 9.84 Å². The zero-order chi connectivity index (χ0) is 19.7. The highest BCUT2D eigenvalue weighted by Gasteiger charge is 2.33. The Kier molecular flexibility index (Phi) is 5.10. The van der Waals surface area contributed by atoms with Gasteiger partial charge in [0.25, 0.3) is 5.91 Å². The van der Waals surface area contributed by atoms with E-state index in [-0.39, 0.29) is 26.2 Å². The van der Waals surface area contributed by atoms with Gasteiger partial charge in [0, 0.05) is 6.07 Å². The van der Waals surface area contributed by atoms with Crippen LogP contribution in [0.3, 0.4) is 0 Å². The Labute approximate surface area is 162 Å². The summed E-state index contributed by atoms with van der Waals surface area (Å²) in [4.78, 5) is 24.4. The average molecular weight is 406 g/mol. The number of carbonyl (C=O) groups is 1. The number of aromatic hydroxyl groups is 1. The molecule has 0 saturated carbocycles. The molecule has 1 N–H and O–H groups in total. The van der Waals surface area contributed by atoms with Gasteiger partial charge in [-0.2, -0.15) is 0 Å². The Morgan fingerprint density at radius 1 is 1.37 bits per heavy atom. The number of phenols is 1. The number of amides is 1. The van der Waals surface area contributed by atoms with Crippen LogP contribution in [0.2, 0.25) is 0 Å². The zero-order valence-corrected chi connectivity index (χ0v) is 15.3. The number of rotatable bonds is 4. The van der Waals surface area contributed by atoms with Crippen molar-refractivity contribution in [2.45, 2.75) is 0 Å². The van der Waals surface area contributed by atoms with Crippen molar-refractivity contribution in [2.24, 2.45) is 0 Å². The number of methoxy groups -OCH3 is 1. The molecule has 10 heteroatoms. The maximum atomic E-state index is 13.5. The Morgan fingerprint density at radius 3 is 2.74 bits per heavy atom. The number of ether oxygens (including phenoxy) is 1. The van der Waals surface area contributed by atoms with Crippen molar-refractivity contribution >= 4 is 51.7 Å². The molecule has 2 aromatic rings. The maximum absolute atomic E-state index is 13.5. The molecule has 3 rings (SSSR count). The van der Waals surface area contributed by atoms with Crippen LogP contribution in [0.5, 0.6) is 11.5 Å². The number of nitro groups is 1. The van der Waals surface area contributed by atoms with Crippen LogP contribution in [0, 0.1) is 15.9 Å². The highest BCUT2D eigenvalue weighted by molar-refractivity contribution is 8.27. The minimum atomic E-state index is -0.757. The van der Waals surface area contributed by atoms with E-state index in [1.165, 1.54) is 42.4 Å². The maximum Gasteiger partial charge on any atom is 0.315 e. The summed E-state index contributed by atoms with van der Waals surface area (Å²) in [6.45, 7) is 0. The number of halogens is 1. The van der Waals surface area contributed by atoms with E-state index in [4.69, 9.17) is 17.0 Å². The van der Waals surface area contributed by atoms with Crippen molar-refractivity contribution in [3.8, 4) is 11.5 Å². The van der Waals surface area contributed by atoms with E-state index < -0.39 is 28.1 Å². The summed E-state index contributed by atoms with van der Waals surface area (Å²) >= 11 is 6.19. The van der Waals surface area contributed by atoms with E-state index in [0.29, 0.717) is 0 Å². The lowest BCUT2D eigenvalue weighted by molar-refractivity contribution is -0.386. The van der Waals surface area contributed by atoms with Crippen LogP contribution in [0.4, 0.5) is 15.8 Å². The molecule has 1 saturated heterocycles. The number of anilines is 1. The lowest BCUT2D eigenvalue weighted by atomic mass is 10.1. The number of hydrogen-bond donors (Lipinski definition) is 1. The quantitative estimate of drug-likeness (QED) is 0.357. The molecule has 0 atom stereocenters. The van der Waals surface area contributed by atoms with E-state index >= 15 is 0 Å². The van der Waals surface area contributed by atoms with E-state index in [1.54, 1.807) is 6.07 Å². The second-order valence-electron chi connectivity index (χ2n) is 5.34. The Morgan fingerprint density at radius 2 is 2.11 bits per heavy atom. The second kappa shape index (κ2) is 7.33. The Bertz CT molecular complexity index is 1010. The summed E-state index contributed by atoms with van der Waals surface area (Å²) in [6, 6.07) is 7.91. The van der Waals surface area contributed by atoms with Crippen molar-refractivity contribution in [1.82, 2.24) is 0 Å². The lowest BCUT2D eigenvalue weighted by Gasteiger charge is -2.14. The first-order valence-corrected chi connectivity index (χ1v) is 8.63. The number of nitro benzene ring substituents is 1. The molecule has 0 unspecified atom stereocenters. The normalized spacial score (nSPS) is 15.5. The van der Waals surface area contributed by atoms with E-state index in [0.717, 1.165) is 17.8 Å². The molecule has 0 spiro atoms. The van der Waals surface area contributed by atoms with Crippen LogP contribution in [0.1, 0.15) is 5.56 Å². The molecule has 0 aliphatic carbocycles. The van der Waals surface area contributed by atoms with Gasteiger partial charge in [-0.1, -0.05) is 30.0 Å². The fourth-order valence-corrected chi connectivity index (χ4v) is 3.75. The van der Waals surface area contributed by atoms with Gasteiger partial charge in [-0.05, 0) is 35.9 Å². The predicted octanol–water partition coefficient (Wildman–Crippen LogP) is 3.85. The third kappa shape index (κ3) is 3.62. The van der Waals surface area contributed by atoms with Crippen LogP contribution in [-0.2, 0) is 4.79 Å². The third-order valence-corrected chi connectivity index (χ3v) is 4.95. The summed E-state index contributed by atoms with van der Waals surface area (Å²) in [7, 11) is 1.26. The number of benzene rings is 2. The number of thioether (sulfide) groups is 1. The summed E-state index contributed by atoms with van der Waals surface area (Å²) in [5.74, 6) is -1.70. The van der Waals surface area contributed by atoms with Crippen LogP contribution < -0.4 is 9.64 Å². The third-order valence-electron chi connectivity index (χ3n) is 3.65. The zero-order valence-electron chi connectivity index (χ0n) is 13.7. The van der Waals surface area contributed by atoms with Crippen LogP contribution >= 0.6 is 24.0 Å². The number of carbonyl (C=O) groups excluding carboxylic acids is 1. The number of thiocarbonyl (C=S) groups is 1. The topological polar surface area (TPSA) is 92.9 Å². The summed E-state index contributed by atoms with van der Waals surface area (Å²) < 4.78 is 18.6. The van der Waals surface area contributed by atoms with Crippen molar-refractivity contribution in [1.29, 1.82) is 0 Å². The number of phenolic OH excluding ortho intramolecular Hbond substituents is 1. The number of hydrogen-bond acceptors (Lipinski definition) is 7. The first-order chi connectivity index (χ1) is 12.8. The van der Waals surface area contributed by atoms with Gasteiger partial charge >= 0.3 is 5.69 Å². The van der Waals surface area contributed by atoms with Crippen LogP contribution in [-0.4, -0.2) is 27.4 Å². The van der Waals surface area contributed by atoms with E-state index in [2.05, 4.69) is 0 Å². The molecule has 7 nitrogen and oxygen atoms in total. The first-order valence-electron chi connectivity index (χ1n) is 7.40. The smallest absolute Gasteiger partial charge is 0.315 e. The van der Waals surface area contributed by atoms with Crippen molar-refractivity contribution in [2.75, 3.05) is 12.0 Å². The van der Waals surface area contributed by atoms with Gasteiger partial charge in [0.15, 0.2) is 10.1 Å². The summed E-state index contributed by atoms with van der Waals surface area (Å²) in [5, 5.41) is 20.9. The summed E-state index contributed by atoms with van der Waals surface area (Å²) in [6.07, 6.45) is 1.40. The van der Waals surface area contributed by atoms with Gasteiger partial charge in [0.2, 0.25) is 5.75 Å².